The number of nitrogens with zero attached hydrogens (tertiary/aromatic N) is 3. The van der Waals surface area contributed by atoms with Crippen LogP contribution in [-0.4, -0.2) is 39.9 Å². The number of aromatic nitrogens is 3. The van der Waals surface area contributed by atoms with Crippen LogP contribution in [0.15, 0.2) is 36.8 Å². The Morgan fingerprint density at radius 1 is 1.22 bits per heavy atom. The summed E-state index contributed by atoms with van der Waals surface area (Å²) in [6.07, 6.45) is 7.68. The number of carbonyl (C=O) groups excluding carboxylic acids is 1. The number of aromatic amines is 1. The normalized spacial score (nSPS) is 19.5. The van der Waals surface area contributed by atoms with Crippen LogP contribution < -0.4 is 9.64 Å². The van der Waals surface area contributed by atoms with Crippen molar-refractivity contribution in [2.75, 3.05) is 18.1 Å². The van der Waals surface area contributed by atoms with Crippen LogP contribution in [0.3, 0.4) is 0 Å². The van der Waals surface area contributed by atoms with E-state index in [9.17, 15) is 4.79 Å². The zero-order valence-corrected chi connectivity index (χ0v) is 15.1. The quantitative estimate of drug-likeness (QED) is 0.772. The molecule has 0 spiro atoms. The number of ketones is 1. The Bertz CT molecular complexity index is 997. The lowest BCUT2D eigenvalue weighted by molar-refractivity contribution is -0.118. The van der Waals surface area contributed by atoms with Crippen LogP contribution in [-0.2, 0) is 17.6 Å². The number of fused-ring (bicyclic) bond motifs is 2. The van der Waals surface area contributed by atoms with Crippen molar-refractivity contribution in [3.63, 3.8) is 0 Å². The number of H-pyrrole nitrogens is 1. The molecule has 1 unspecified atom stereocenters. The van der Waals surface area contributed by atoms with Crippen LogP contribution in [0.25, 0.3) is 11.0 Å². The number of carbonyl (C=O) groups is 1. The fraction of sp³-hybridized carbons (Fsp3) is 0.381. The smallest absolute Gasteiger partial charge is 0.142 e. The summed E-state index contributed by atoms with van der Waals surface area (Å²) in [7, 11) is 0. The van der Waals surface area contributed by atoms with Crippen LogP contribution in [0.1, 0.15) is 30.4 Å². The van der Waals surface area contributed by atoms with Gasteiger partial charge in [-0.3, -0.25) is 4.79 Å². The van der Waals surface area contributed by atoms with E-state index >= 15 is 0 Å². The molecule has 0 saturated carbocycles. The lowest BCUT2D eigenvalue weighted by Gasteiger charge is -2.27. The third-order valence-corrected chi connectivity index (χ3v) is 5.69. The fourth-order valence-electron chi connectivity index (χ4n) is 4.30. The van der Waals surface area contributed by atoms with Crippen LogP contribution in [0.2, 0.25) is 0 Å². The van der Waals surface area contributed by atoms with Gasteiger partial charge in [0.2, 0.25) is 0 Å². The third kappa shape index (κ3) is 2.95. The Kier molecular flexibility index (Phi) is 4.03. The first-order chi connectivity index (χ1) is 13.3. The second-order valence-electron chi connectivity index (χ2n) is 7.35. The number of rotatable bonds is 4. The third-order valence-electron chi connectivity index (χ3n) is 5.69. The zero-order chi connectivity index (χ0) is 18.2. The van der Waals surface area contributed by atoms with Crippen LogP contribution in [0, 0.1) is 0 Å². The summed E-state index contributed by atoms with van der Waals surface area (Å²) in [5.74, 6) is 2.14. The van der Waals surface area contributed by atoms with Gasteiger partial charge in [0.25, 0.3) is 0 Å². The Morgan fingerprint density at radius 3 is 3.15 bits per heavy atom. The Morgan fingerprint density at radius 2 is 2.19 bits per heavy atom. The van der Waals surface area contributed by atoms with E-state index in [-0.39, 0.29) is 6.04 Å². The molecule has 1 fully saturated rings. The summed E-state index contributed by atoms with van der Waals surface area (Å²) in [5, 5.41) is 1.05. The molecule has 6 heteroatoms. The van der Waals surface area contributed by atoms with Gasteiger partial charge in [0.05, 0.1) is 11.4 Å². The van der Waals surface area contributed by atoms with Gasteiger partial charge in [-0.15, -0.1) is 0 Å². The molecule has 0 amide bonds. The summed E-state index contributed by atoms with van der Waals surface area (Å²) >= 11 is 0. The molecule has 3 heterocycles. The molecule has 0 bridgehead atoms. The van der Waals surface area contributed by atoms with E-state index in [1.165, 1.54) is 5.56 Å². The maximum Gasteiger partial charge on any atom is 0.142 e. The first-order valence-corrected chi connectivity index (χ1v) is 9.59. The van der Waals surface area contributed by atoms with E-state index in [0.29, 0.717) is 25.2 Å². The lowest BCUT2D eigenvalue weighted by Crippen LogP contribution is -2.35. The Balaban J connectivity index is 1.37. The number of nitrogens with one attached hydrogen (secondary N) is 1. The molecule has 1 atom stereocenters. The summed E-state index contributed by atoms with van der Waals surface area (Å²) in [6.45, 7) is 1.57. The maximum absolute atomic E-state index is 11.9. The summed E-state index contributed by atoms with van der Waals surface area (Å²) in [6, 6.07) is 8.43. The number of hydrogen-bond acceptors (Lipinski definition) is 5. The molecule has 1 N–H and O–H groups in total. The van der Waals surface area contributed by atoms with E-state index in [0.717, 1.165) is 54.0 Å². The minimum Gasteiger partial charge on any atom is -0.491 e. The first kappa shape index (κ1) is 16.3. The van der Waals surface area contributed by atoms with E-state index < -0.39 is 0 Å². The summed E-state index contributed by atoms with van der Waals surface area (Å²) in [5.41, 5.74) is 3.19. The Hall–Kier alpha value is -2.89. The van der Waals surface area contributed by atoms with Gasteiger partial charge in [-0.25, -0.2) is 9.97 Å². The number of ether oxygens (including phenoxy) is 1. The number of hydrogen-bond donors (Lipinski definition) is 1. The summed E-state index contributed by atoms with van der Waals surface area (Å²) in [4.78, 5) is 26.2. The molecule has 1 aliphatic heterocycles. The molecular weight excluding hydrogens is 340 g/mol. The van der Waals surface area contributed by atoms with Crippen molar-refractivity contribution >= 4 is 22.6 Å². The highest BCUT2D eigenvalue weighted by atomic mass is 16.5. The average Bonchev–Trinajstić information content (AvgIpc) is 3.35. The number of anilines is 1. The highest BCUT2D eigenvalue weighted by Gasteiger charge is 2.28. The van der Waals surface area contributed by atoms with E-state index in [1.54, 1.807) is 6.33 Å². The van der Waals surface area contributed by atoms with E-state index in [1.807, 2.05) is 24.4 Å². The standard InChI is InChI=1S/C21H22N4O2/c26-16-7-6-14-3-1-5-19(18(14)11-16)27-12-15-4-2-10-25(15)21-17-8-9-22-20(17)23-13-24-21/h1,3,5,8-9,13,15H,2,4,6-7,10-12H2,(H,22,23,24). The Labute approximate surface area is 157 Å². The van der Waals surface area contributed by atoms with Gasteiger partial charge >= 0.3 is 0 Å². The van der Waals surface area contributed by atoms with Gasteiger partial charge < -0.3 is 14.6 Å². The van der Waals surface area contributed by atoms with Crippen molar-refractivity contribution in [3.05, 3.63) is 47.9 Å². The van der Waals surface area contributed by atoms with Crippen molar-refractivity contribution < 1.29 is 9.53 Å². The highest BCUT2D eigenvalue weighted by molar-refractivity contribution is 5.87. The van der Waals surface area contributed by atoms with Gasteiger partial charge in [-0.05, 0) is 37.0 Å². The number of benzene rings is 1. The van der Waals surface area contributed by atoms with Gasteiger partial charge in [-0.2, -0.15) is 0 Å². The predicted octanol–water partition coefficient (Wildman–Crippen LogP) is 3.06. The average molecular weight is 362 g/mol. The highest BCUT2D eigenvalue weighted by Crippen LogP contribution is 2.32. The SMILES string of the molecule is O=C1CCc2cccc(OCC3CCCN3c3ncnc4[nH]ccc34)c2C1. The second kappa shape index (κ2) is 6.68. The molecule has 138 valence electrons. The first-order valence-electron chi connectivity index (χ1n) is 9.59. The molecule has 5 rings (SSSR count). The molecular formula is C21H22N4O2. The zero-order valence-electron chi connectivity index (χ0n) is 15.1. The number of aryl methyl sites for hydroxylation is 1. The molecule has 6 nitrogen and oxygen atoms in total. The number of Topliss-reactive ketones (excluding diaryl/α,β-unsaturated/α-hetero) is 1. The largest absolute Gasteiger partial charge is 0.491 e. The molecule has 2 aliphatic rings. The fourth-order valence-corrected chi connectivity index (χ4v) is 4.30. The van der Waals surface area contributed by atoms with Gasteiger partial charge in [-0.1, -0.05) is 12.1 Å². The summed E-state index contributed by atoms with van der Waals surface area (Å²) < 4.78 is 6.24. The second-order valence-corrected chi connectivity index (χ2v) is 7.35. The minimum absolute atomic E-state index is 0.271. The molecule has 2 aromatic heterocycles. The maximum atomic E-state index is 11.9. The van der Waals surface area contributed by atoms with Crippen LogP contribution >= 0.6 is 0 Å². The van der Waals surface area contributed by atoms with Crippen LogP contribution in [0.5, 0.6) is 5.75 Å². The van der Waals surface area contributed by atoms with Gasteiger partial charge in [0, 0.05) is 31.1 Å². The lowest BCUT2D eigenvalue weighted by atomic mass is 9.90. The van der Waals surface area contributed by atoms with E-state index in [4.69, 9.17) is 4.74 Å². The predicted molar refractivity (Wildman–Crippen MR) is 103 cm³/mol. The molecule has 1 saturated heterocycles. The van der Waals surface area contributed by atoms with Crippen molar-refractivity contribution in [3.8, 4) is 5.75 Å². The van der Waals surface area contributed by atoms with Crippen LogP contribution in [0.4, 0.5) is 5.82 Å². The topological polar surface area (TPSA) is 71.1 Å². The molecule has 1 aromatic carbocycles. The molecule has 3 aromatic rings. The molecule has 0 radical (unpaired) electrons. The van der Waals surface area contributed by atoms with E-state index in [2.05, 4.69) is 25.9 Å². The molecule has 1 aliphatic carbocycles. The van der Waals surface area contributed by atoms with Gasteiger partial charge in [0.15, 0.2) is 0 Å². The molecule has 27 heavy (non-hydrogen) atoms. The minimum atomic E-state index is 0.271. The monoisotopic (exact) mass is 362 g/mol. The van der Waals surface area contributed by atoms with Crippen molar-refractivity contribution in [1.29, 1.82) is 0 Å². The van der Waals surface area contributed by atoms with Crippen molar-refractivity contribution in [1.82, 2.24) is 15.0 Å². The van der Waals surface area contributed by atoms with Crippen molar-refractivity contribution in [2.45, 2.75) is 38.1 Å². The van der Waals surface area contributed by atoms with Gasteiger partial charge in [0.1, 0.15) is 35.9 Å². The van der Waals surface area contributed by atoms with Crippen molar-refractivity contribution in [2.24, 2.45) is 0 Å².